The van der Waals surface area contributed by atoms with Crippen molar-refractivity contribution in [3.8, 4) is 17.2 Å². The number of nitro groups is 1. The van der Waals surface area contributed by atoms with Gasteiger partial charge in [-0.25, -0.2) is 4.39 Å². The summed E-state index contributed by atoms with van der Waals surface area (Å²) in [6.45, 7) is 5.93. The van der Waals surface area contributed by atoms with E-state index in [1.54, 1.807) is 24.3 Å². The molecule has 11 heteroatoms. The van der Waals surface area contributed by atoms with E-state index < -0.39 is 5.25 Å². The van der Waals surface area contributed by atoms with Crippen molar-refractivity contribution in [2.24, 2.45) is 0 Å². The van der Waals surface area contributed by atoms with Gasteiger partial charge >= 0.3 is 0 Å². The molecule has 3 aromatic carbocycles. The van der Waals surface area contributed by atoms with E-state index in [-0.39, 0.29) is 23.9 Å². The lowest BCUT2D eigenvalue weighted by Gasteiger charge is -2.19. The molecule has 8 nitrogen and oxygen atoms in total. The Morgan fingerprint density at radius 1 is 1.08 bits per heavy atom. The van der Waals surface area contributed by atoms with E-state index in [0.29, 0.717) is 39.1 Å². The smallest absolute Gasteiger partial charge is 0.220 e. The van der Waals surface area contributed by atoms with Gasteiger partial charge in [0.15, 0.2) is 16.7 Å². The van der Waals surface area contributed by atoms with Gasteiger partial charge in [0.2, 0.25) is 6.54 Å². The van der Waals surface area contributed by atoms with Crippen molar-refractivity contribution >= 4 is 27.7 Å². The largest absolute Gasteiger partial charge is 0.490 e. The van der Waals surface area contributed by atoms with Gasteiger partial charge in [-0.05, 0) is 84.2 Å². The minimum Gasteiger partial charge on any atom is -0.490 e. The molecule has 0 spiro atoms. The lowest BCUT2D eigenvalue weighted by atomic mass is 10.1. The standard InChI is InChI=1S/C27H26BrFN4O4S/c1-4-36-24-14-20(13-23(28)26(24)37-16-19-7-9-21(29)10-8-19)25(15-32(34)35)38-27-31-30-18(3)33(27)22-11-5-17(2)6-12-22/h5-14,25H,4,15-16H2,1-3H3/t25-/m0/s1. The van der Waals surface area contributed by atoms with Crippen LogP contribution in [0.2, 0.25) is 0 Å². The molecule has 198 valence electrons. The van der Waals surface area contributed by atoms with E-state index in [0.717, 1.165) is 16.8 Å². The van der Waals surface area contributed by atoms with E-state index in [2.05, 4.69) is 26.1 Å². The Bertz CT molecular complexity index is 1410. The summed E-state index contributed by atoms with van der Waals surface area (Å²) in [6, 6.07) is 17.5. The number of rotatable bonds is 11. The maximum absolute atomic E-state index is 13.3. The number of hydrogen-bond acceptors (Lipinski definition) is 7. The highest BCUT2D eigenvalue weighted by Gasteiger charge is 2.26. The zero-order valence-electron chi connectivity index (χ0n) is 21.1. The number of halogens is 2. The summed E-state index contributed by atoms with van der Waals surface area (Å²) < 4.78 is 27.6. The molecule has 0 aliphatic rings. The van der Waals surface area contributed by atoms with Crippen molar-refractivity contribution in [1.82, 2.24) is 14.8 Å². The molecule has 1 heterocycles. The summed E-state index contributed by atoms with van der Waals surface area (Å²) in [5.41, 5.74) is 3.46. The maximum Gasteiger partial charge on any atom is 0.220 e. The quantitative estimate of drug-likeness (QED) is 0.105. The Hall–Kier alpha value is -3.44. The summed E-state index contributed by atoms with van der Waals surface area (Å²) in [7, 11) is 0. The molecule has 0 bridgehead atoms. The minimum atomic E-state index is -0.584. The number of ether oxygens (including phenoxy) is 2. The summed E-state index contributed by atoms with van der Waals surface area (Å²) in [5.74, 6) is 1.27. The van der Waals surface area contributed by atoms with Crippen LogP contribution in [0.25, 0.3) is 5.69 Å². The van der Waals surface area contributed by atoms with Crippen LogP contribution in [0.3, 0.4) is 0 Å². The second kappa shape index (κ2) is 12.4. The fourth-order valence-corrected chi connectivity index (χ4v) is 5.52. The number of aryl methyl sites for hydroxylation is 2. The van der Waals surface area contributed by atoms with Crippen LogP contribution in [0, 0.1) is 29.8 Å². The highest BCUT2D eigenvalue weighted by molar-refractivity contribution is 9.10. The predicted molar refractivity (Wildman–Crippen MR) is 147 cm³/mol. The zero-order valence-corrected chi connectivity index (χ0v) is 23.5. The molecular formula is C27H26BrFN4O4S. The van der Waals surface area contributed by atoms with Crippen LogP contribution >= 0.6 is 27.7 Å². The Balaban J connectivity index is 1.66. The van der Waals surface area contributed by atoms with Gasteiger partial charge in [-0.1, -0.05) is 41.6 Å². The van der Waals surface area contributed by atoms with Crippen molar-refractivity contribution in [2.45, 2.75) is 37.8 Å². The van der Waals surface area contributed by atoms with Crippen molar-refractivity contribution in [3.05, 3.63) is 104 Å². The molecule has 4 aromatic rings. The van der Waals surface area contributed by atoms with E-state index in [9.17, 15) is 14.5 Å². The van der Waals surface area contributed by atoms with E-state index >= 15 is 0 Å². The van der Waals surface area contributed by atoms with Crippen molar-refractivity contribution < 1.29 is 18.8 Å². The Morgan fingerprint density at radius 3 is 2.45 bits per heavy atom. The first-order valence-electron chi connectivity index (χ1n) is 11.9. The molecule has 0 saturated carbocycles. The van der Waals surface area contributed by atoms with E-state index in [4.69, 9.17) is 9.47 Å². The van der Waals surface area contributed by atoms with Gasteiger partial charge in [-0.15, -0.1) is 10.2 Å². The summed E-state index contributed by atoms with van der Waals surface area (Å²) in [5, 5.41) is 20.2. The topological polar surface area (TPSA) is 92.3 Å². The molecule has 0 saturated heterocycles. The van der Waals surface area contributed by atoms with Crippen molar-refractivity contribution in [3.63, 3.8) is 0 Å². The number of hydrogen-bond donors (Lipinski definition) is 0. The summed E-state index contributed by atoms with van der Waals surface area (Å²) in [4.78, 5) is 11.3. The molecule has 0 amide bonds. The van der Waals surface area contributed by atoms with Gasteiger partial charge in [0.05, 0.1) is 11.1 Å². The second-order valence-electron chi connectivity index (χ2n) is 8.50. The van der Waals surface area contributed by atoms with Crippen LogP contribution < -0.4 is 9.47 Å². The van der Waals surface area contributed by atoms with Crippen LogP contribution in [0.4, 0.5) is 4.39 Å². The van der Waals surface area contributed by atoms with Crippen molar-refractivity contribution in [2.75, 3.05) is 13.2 Å². The van der Waals surface area contributed by atoms with Crippen LogP contribution in [0.15, 0.2) is 70.3 Å². The van der Waals surface area contributed by atoms with Gasteiger partial charge in [0, 0.05) is 10.6 Å². The van der Waals surface area contributed by atoms with Crippen LogP contribution in [0.1, 0.15) is 34.7 Å². The molecule has 4 rings (SSSR count). The molecule has 0 radical (unpaired) electrons. The Morgan fingerprint density at radius 2 is 1.79 bits per heavy atom. The third-order valence-corrected chi connectivity index (χ3v) is 7.42. The zero-order chi connectivity index (χ0) is 27.2. The van der Waals surface area contributed by atoms with Gasteiger partial charge in [0.25, 0.3) is 0 Å². The van der Waals surface area contributed by atoms with Gasteiger partial charge in [-0.3, -0.25) is 14.7 Å². The fourth-order valence-electron chi connectivity index (χ4n) is 3.80. The number of thioether (sulfide) groups is 1. The SMILES string of the molecule is CCOc1cc([C@H](C[N+](=O)[O-])Sc2nnc(C)n2-c2ccc(C)cc2)cc(Br)c1OCc1ccc(F)cc1. The normalized spacial score (nSPS) is 11.8. The second-order valence-corrected chi connectivity index (χ2v) is 10.5. The third kappa shape index (κ3) is 6.70. The van der Waals surface area contributed by atoms with Gasteiger partial charge < -0.3 is 9.47 Å². The van der Waals surface area contributed by atoms with Crippen LogP contribution in [0.5, 0.6) is 11.5 Å². The minimum absolute atomic E-state index is 0.199. The van der Waals surface area contributed by atoms with Gasteiger partial charge in [-0.2, -0.15) is 0 Å². The molecule has 1 aromatic heterocycles. The van der Waals surface area contributed by atoms with Crippen molar-refractivity contribution in [1.29, 1.82) is 0 Å². The number of aromatic nitrogens is 3. The number of nitrogens with zero attached hydrogens (tertiary/aromatic N) is 4. The highest BCUT2D eigenvalue weighted by Crippen LogP contribution is 2.43. The molecule has 0 N–H and O–H groups in total. The molecule has 1 atom stereocenters. The monoisotopic (exact) mass is 600 g/mol. The molecule has 0 unspecified atom stereocenters. The average Bonchev–Trinajstić information content (AvgIpc) is 3.24. The Kier molecular flexibility index (Phi) is 9.01. The fraction of sp³-hybridized carbons (Fsp3) is 0.259. The first-order chi connectivity index (χ1) is 18.2. The lowest BCUT2D eigenvalue weighted by Crippen LogP contribution is -2.12. The molecule has 0 aliphatic heterocycles. The Labute approximate surface area is 232 Å². The van der Waals surface area contributed by atoms with Gasteiger partial charge in [0.1, 0.15) is 23.5 Å². The molecular weight excluding hydrogens is 575 g/mol. The molecule has 0 aliphatic carbocycles. The highest BCUT2D eigenvalue weighted by atomic mass is 79.9. The number of benzene rings is 3. The van der Waals surface area contributed by atoms with Crippen LogP contribution in [-0.4, -0.2) is 32.8 Å². The molecule has 0 fully saturated rings. The first kappa shape index (κ1) is 27.6. The average molecular weight is 601 g/mol. The first-order valence-corrected chi connectivity index (χ1v) is 13.5. The summed E-state index contributed by atoms with van der Waals surface area (Å²) >= 11 is 4.82. The third-order valence-electron chi connectivity index (χ3n) is 5.65. The predicted octanol–water partition coefficient (Wildman–Crippen LogP) is 6.87. The summed E-state index contributed by atoms with van der Waals surface area (Å²) in [6.07, 6.45) is 0. The maximum atomic E-state index is 13.3. The van der Waals surface area contributed by atoms with E-state index in [1.807, 2.05) is 49.6 Å². The van der Waals surface area contributed by atoms with Crippen LogP contribution in [-0.2, 0) is 6.61 Å². The van der Waals surface area contributed by atoms with E-state index in [1.165, 1.54) is 23.9 Å². The lowest BCUT2D eigenvalue weighted by molar-refractivity contribution is -0.479. The molecule has 38 heavy (non-hydrogen) atoms.